The van der Waals surface area contributed by atoms with Gasteiger partial charge in [0.15, 0.2) is 0 Å². The Kier molecular flexibility index (Phi) is 4.13. The molecule has 0 aliphatic rings. The molecule has 0 aliphatic carbocycles. The summed E-state index contributed by atoms with van der Waals surface area (Å²) in [6.45, 7) is 2.98. The lowest BCUT2D eigenvalue weighted by Gasteiger charge is -2.14. The van der Waals surface area contributed by atoms with Crippen molar-refractivity contribution in [3.63, 3.8) is 0 Å². The number of hydrogen-bond donors (Lipinski definition) is 1. The summed E-state index contributed by atoms with van der Waals surface area (Å²) in [4.78, 5) is 4.00. The van der Waals surface area contributed by atoms with Crippen LogP contribution in [0.5, 0.6) is 0 Å². The molecular formula is C14H15ClN2. The van der Waals surface area contributed by atoms with Crippen molar-refractivity contribution in [1.29, 1.82) is 0 Å². The Morgan fingerprint density at radius 2 is 1.76 bits per heavy atom. The fraction of sp³-hybridized carbons (Fsp3) is 0.214. The summed E-state index contributed by atoms with van der Waals surface area (Å²) >= 11 is 5.86. The molecule has 0 saturated carbocycles. The van der Waals surface area contributed by atoms with Gasteiger partial charge in [-0.25, -0.2) is 0 Å². The van der Waals surface area contributed by atoms with E-state index in [0.29, 0.717) is 6.04 Å². The van der Waals surface area contributed by atoms with E-state index in [-0.39, 0.29) is 0 Å². The van der Waals surface area contributed by atoms with Crippen molar-refractivity contribution in [2.24, 2.45) is 0 Å². The summed E-state index contributed by atoms with van der Waals surface area (Å²) in [5, 5.41) is 4.24. The molecule has 1 atom stereocenters. The molecule has 0 aliphatic heterocycles. The standard InChI is InChI=1S/C14H15ClN2/c1-11(13-2-4-14(15)5-3-13)17-10-12-6-8-16-9-7-12/h2-9,11,17H,10H2,1H3/t11-/m1/s1. The van der Waals surface area contributed by atoms with Crippen LogP contribution in [0.25, 0.3) is 0 Å². The maximum Gasteiger partial charge on any atom is 0.0406 e. The quantitative estimate of drug-likeness (QED) is 0.892. The van der Waals surface area contributed by atoms with Crippen molar-refractivity contribution in [3.05, 3.63) is 64.9 Å². The summed E-state index contributed by atoms with van der Waals surface area (Å²) in [6.07, 6.45) is 3.62. The lowest BCUT2D eigenvalue weighted by molar-refractivity contribution is 0.574. The zero-order valence-corrected chi connectivity index (χ0v) is 10.5. The van der Waals surface area contributed by atoms with Crippen molar-refractivity contribution in [1.82, 2.24) is 10.3 Å². The third kappa shape index (κ3) is 3.55. The molecule has 1 N–H and O–H groups in total. The molecule has 0 radical (unpaired) electrons. The first-order chi connectivity index (χ1) is 8.25. The third-order valence-corrected chi connectivity index (χ3v) is 2.98. The smallest absolute Gasteiger partial charge is 0.0406 e. The maximum absolute atomic E-state index is 5.86. The predicted molar refractivity (Wildman–Crippen MR) is 70.9 cm³/mol. The van der Waals surface area contributed by atoms with Crippen molar-refractivity contribution in [3.8, 4) is 0 Å². The minimum absolute atomic E-state index is 0.306. The molecule has 0 saturated heterocycles. The van der Waals surface area contributed by atoms with E-state index in [1.165, 1.54) is 11.1 Å². The highest BCUT2D eigenvalue weighted by Gasteiger charge is 2.04. The van der Waals surface area contributed by atoms with E-state index < -0.39 is 0 Å². The lowest BCUT2D eigenvalue weighted by Crippen LogP contribution is -2.17. The number of rotatable bonds is 4. The first-order valence-electron chi connectivity index (χ1n) is 5.63. The maximum atomic E-state index is 5.86. The monoisotopic (exact) mass is 246 g/mol. The largest absolute Gasteiger partial charge is 0.306 e. The van der Waals surface area contributed by atoms with Gasteiger partial charge in [-0.1, -0.05) is 23.7 Å². The van der Waals surface area contributed by atoms with Gasteiger partial charge in [-0.05, 0) is 42.3 Å². The molecule has 2 aromatic rings. The number of nitrogens with one attached hydrogen (secondary N) is 1. The van der Waals surface area contributed by atoms with E-state index in [1.807, 2.05) is 48.8 Å². The van der Waals surface area contributed by atoms with Crippen molar-refractivity contribution in [2.45, 2.75) is 19.5 Å². The summed E-state index contributed by atoms with van der Waals surface area (Å²) in [6, 6.07) is 12.3. The van der Waals surface area contributed by atoms with Crippen molar-refractivity contribution < 1.29 is 0 Å². The van der Waals surface area contributed by atoms with Gasteiger partial charge in [-0.15, -0.1) is 0 Å². The molecule has 1 aromatic heterocycles. The van der Waals surface area contributed by atoms with Gasteiger partial charge in [0, 0.05) is 30.0 Å². The highest BCUT2D eigenvalue weighted by atomic mass is 35.5. The predicted octanol–water partition coefficient (Wildman–Crippen LogP) is 3.59. The molecule has 1 heterocycles. The Balaban J connectivity index is 1.93. The first kappa shape index (κ1) is 12.1. The summed E-state index contributed by atoms with van der Waals surface area (Å²) < 4.78 is 0. The van der Waals surface area contributed by atoms with Gasteiger partial charge in [0.2, 0.25) is 0 Å². The number of nitrogens with zero attached hydrogens (tertiary/aromatic N) is 1. The van der Waals surface area contributed by atoms with Gasteiger partial charge in [0.1, 0.15) is 0 Å². The summed E-state index contributed by atoms with van der Waals surface area (Å²) in [5.41, 5.74) is 2.48. The molecule has 17 heavy (non-hydrogen) atoms. The average molecular weight is 247 g/mol. The van der Waals surface area contributed by atoms with Crippen LogP contribution in [-0.4, -0.2) is 4.98 Å². The van der Waals surface area contributed by atoms with Crippen LogP contribution in [0.3, 0.4) is 0 Å². The lowest BCUT2D eigenvalue weighted by atomic mass is 10.1. The third-order valence-electron chi connectivity index (χ3n) is 2.73. The molecule has 0 fully saturated rings. The second-order valence-electron chi connectivity index (χ2n) is 4.01. The Bertz CT molecular complexity index is 453. The minimum Gasteiger partial charge on any atom is -0.306 e. The minimum atomic E-state index is 0.306. The van der Waals surface area contributed by atoms with Crippen LogP contribution in [0.4, 0.5) is 0 Å². The zero-order chi connectivity index (χ0) is 12.1. The number of hydrogen-bond acceptors (Lipinski definition) is 2. The highest BCUT2D eigenvalue weighted by molar-refractivity contribution is 6.30. The topological polar surface area (TPSA) is 24.9 Å². The van der Waals surface area contributed by atoms with Crippen LogP contribution in [0.2, 0.25) is 5.02 Å². The van der Waals surface area contributed by atoms with E-state index in [0.717, 1.165) is 11.6 Å². The van der Waals surface area contributed by atoms with Crippen LogP contribution >= 0.6 is 11.6 Å². The van der Waals surface area contributed by atoms with Crippen LogP contribution < -0.4 is 5.32 Å². The van der Waals surface area contributed by atoms with Crippen LogP contribution in [-0.2, 0) is 6.54 Å². The van der Waals surface area contributed by atoms with E-state index in [9.17, 15) is 0 Å². The first-order valence-corrected chi connectivity index (χ1v) is 6.01. The van der Waals surface area contributed by atoms with E-state index >= 15 is 0 Å². The average Bonchev–Trinajstić information content (AvgIpc) is 2.38. The Morgan fingerprint density at radius 1 is 1.12 bits per heavy atom. The number of aromatic nitrogens is 1. The van der Waals surface area contributed by atoms with Gasteiger partial charge in [-0.3, -0.25) is 4.98 Å². The van der Waals surface area contributed by atoms with Gasteiger partial charge < -0.3 is 5.32 Å². The van der Waals surface area contributed by atoms with Gasteiger partial charge >= 0.3 is 0 Å². The molecule has 1 aromatic carbocycles. The van der Waals surface area contributed by atoms with Crippen LogP contribution in [0.1, 0.15) is 24.1 Å². The molecule has 88 valence electrons. The molecule has 0 spiro atoms. The van der Waals surface area contributed by atoms with Crippen LogP contribution in [0.15, 0.2) is 48.8 Å². The molecule has 2 nitrogen and oxygen atoms in total. The molecular weight excluding hydrogens is 232 g/mol. The van der Waals surface area contributed by atoms with E-state index in [2.05, 4.69) is 17.2 Å². The second kappa shape index (κ2) is 5.80. The van der Waals surface area contributed by atoms with E-state index in [1.54, 1.807) is 0 Å². The zero-order valence-electron chi connectivity index (χ0n) is 9.73. The van der Waals surface area contributed by atoms with Crippen molar-refractivity contribution in [2.75, 3.05) is 0 Å². The molecule has 0 amide bonds. The van der Waals surface area contributed by atoms with Crippen LogP contribution in [0, 0.1) is 0 Å². The Hall–Kier alpha value is -1.38. The molecule has 0 bridgehead atoms. The Morgan fingerprint density at radius 3 is 2.41 bits per heavy atom. The van der Waals surface area contributed by atoms with Crippen molar-refractivity contribution >= 4 is 11.6 Å². The van der Waals surface area contributed by atoms with E-state index in [4.69, 9.17) is 11.6 Å². The number of pyridine rings is 1. The second-order valence-corrected chi connectivity index (χ2v) is 4.45. The van der Waals surface area contributed by atoms with Gasteiger partial charge in [-0.2, -0.15) is 0 Å². The molecule has 3 heteroatoms. The van der Waals surface area contributed by atoms with Gasteiger partial charge in [0.25, 0.3) is 0 Å². The summed E-state index contributed by atoms with van der Waals surface area (Å²) in [7, 11) is 0. The van der Waals surface area contributed by atoms with Gasteiger partial charge in [0.05, 0.1) is 0 Å². The fourth-order valence-electron chi connectivity index (χ4n) is 1.64. The number of benzene rings is 1. The highest BCUT2D eigenvalue weighted by Crippen LogP contribution is 2.16. The summed E-state index contributed by atoms with van der Waals surface area (Å²) in [5.74, 6) is 0. The number of halogens is 1. The molecule has 0 unspecified atom stereocenters. The normalized spacial score (nSPS) is 12.4. The SMILES string of the molecule is C[C@@H](NCc1ccncc1)c1ccc(Cl)cc1. The Labute approximate surface area is 107 Å². The molecule has 2 rings (SSSR count). The fourth-order valence-corrected chi connectivity index (χ4v) is 1.77.